The summed E-state index contributed by atoms with van der Waals surface area (Å²) < 4.78 is 10.2. The van der Waals surface area contributed by atoms with Crippen molar-refractivity contribution < 1.29 is 19.1 Å². The molecule has 0 N–H and O–H groups in total. The number of benzene rings is 2. The molecule has 3 aromatic rings. The lowest BCUT2D eigenvalue weighted by Crippen LogP contribution is -2.03. The lowest BCUT2D eigenvalue weighted by molar-refractivity contribution is -0.132. The molecule has 0 saturated heterocycles. The summed E-state index contributed by atoms with van der Waals surface area (Å²) in [5.41, 5.74) is 2.30. The molecule has 2 aromatic carbocycles. The van der Waals surface area contributed by atoms with Crippen LogP contribution in [0.5, 0.6) is 11.5 Å². The fraction of sp³-hybridized carbons (Fsp3) is 0.125. The smallest absolute Gasteiger partial charge is 0.308 e. The first-order valence-electron chi connectivity index (χ1n) is 6.60. The summed E-state index contributed by atoms with van der Waals surface area (Å²) in [5.74, 6) is -0.104. The van der Waals surface area contributed by atoms with Gasteiger partial charge in [0.1, 0.15) is 11.3 Å². The number of hydrogen-bond acceptors (Lipinski definition) is 6. The third kappa shape index (κ3) is 2.71. The highest BCUT2D eigenvalue weighted by atomic mass is 16.5. The standard InChI is InChI=1S/C16H12N2O4/c1-9(19)21-11-6-7-12-14(8-11)18-16-13(17-12)4-3-5-15(16)22-10(2)20/h3-8H,1-2H3. The lowest BCUT2D eigenvalue weighted by Gasteiger charge is -2.07. The van der Waals surface area contributed by atoms with Gasteiger partial charge in [-0.3, -0.25) is 9.59 Å². The first-order valence-corrected chi connectivity index (χ1v) is 6.60. The molecule has 0 fully saturated rings. The Hall–Kier alpha value is -3.02. The van der Waals surface area contributed by atoms with Crippen LogP contribution in [0.1, 0.15) is 13.8 Å². The normalized spacial score (nSPS) is 10.6. The third-order valence-electron chi connectivity index (χ3n) is 2.91. The Morgan fingerprint density at radius 2 is 1.64 bits per heavy atom. The Labute approximate surface area is 125 Å². The van der Waals surface area contributed by atoms with E-state index in [-0.39, 0.29) is 0 Å². The van der Waals surface area contributed by atoms with E-state index in [9.17, 15) is 9.59 Å². The quantitative estimate of drug-likeness (QED) is 0.411. The van der Waals surface area contributed by atoms with Gasteiger partial charge in [-0.15, -0.1) is 0 Å². The monoisotopic (exact) mass is 296 g/mol. The van der Waals surface area contributed by atoms with Crippen LogP contribution < -0.4 is 9.47 Å². The highest BCUT2D eigenvalue weighted by Crippen LogP contribution is 2.26. The molecule has 0 saturated carbocycles. The van der Waals surface area contributed by atoms with Gasteiger partial charge in [0.05, 0.1) is 16.6 Å². The van der Waals surface area contributed by atoms with Gasteiger partial charge in [0.2, 0.25) is 0 Å². The van der Waals surface area contributed by atoms with E-state index in [1.807, 2.05) is 0 Å². The van der Waals surface area contributed by atoms with Crippen LogP contribution in [-0.2, 0) is 9.59 Å². The molecule has 0 aliphatic carbocycles. The van der Waals surface area contributed by atoms with Crippen LogP contribution in [0, 0.1) is 0 Å². The van der Waals surface area contributed by atoms with Crippen LogP contribution in [-0.4, -0.2) is 21.9 Å². The molecule has 0 aliphatic heterocycles. The van der Waals surface area contributed by atoms with E-state index in [0.29, 0.717) is 33.6 Å². The van der Waals surface area contributed by atoms with Crippen LogP contribution in [0.4, 0.5) is 0 Å². The average Bonchev–Trinajstić information content (AvgIpc) is 2.44. The number of nitrogens with zero attached hydrogens (tertiary/aromatic N) is 2. The van der Waals surface area contributed by atoms with E-state index >= 15 is 0 Å². The van der Waals surface area contributed by atoms with Crippen molar-refractivity contribution in [2.24, 2.45) is 0 Å². The molecule has 0 atom stereocenters. The number of esters is 2. The largest absolute Gasteiger partial charge is 0.427 e. The Morgan fingerprint density at radius 1 is 0.864 bits per heavy atom. The molecule has 0 aliphatic rings. The number of ether oxygens (including phenoxy) is 2. The molecule has 0 unspecified atom stereocenters. The molecule has 0 amide bonds. The molecule has 3 rings (SSSR count). The van der Waals surface area contributed by atoms with Crippen LogP contribution in [0.2, 0.25) is 0 Å². The Balaban J connectivity index is 2.19. The summed E-state index contributed by atoms with van der Waals surface area (Å²) in [4.78, 5) is 31.1. The average molecular weight is 296 g/mol. The second kappa shape index (κ2) is 5.40. The Kier molecular flexibility index (Phi) is 3.42. The van der Waals surface area contributed by atoms with Crippen molar-refractivity contribution in [1.29, 1.82) is 0 Å². The van der Waals surface area contributed by atoms with E-state index in [0.717, 1.165) is 0 Å². The van der Waals surface area contributed by atoms with Gasteiger partial charge < -0.3 is 9.47 Å². The molecule has 0 bridgehead atoms. The van der Waals surface area contributed by atoms with Crippen molar-refractivity contribution in [1.82, 2.24) is 9.97 Å². The maximum atomic E-state index is 11.2. The van der Waals surface area contributed by atoms with Gasteiger partial charge in [-0.25, -0.2) is 9.97 Å². The van der Waals surface area contributed by atoms with Crippen molar-refractivity contribution in [3.63, 3.8) is 0 Å². The van der Waals surface area contributed by atoms with Gasteiger partial charge in [-0.1, -0.05) is 6.07 Å². The van der Waals surface area contributed by atoms with Crippen LogP contribution in [0.3, 0.4) is 0 Å². The second-order valence-corrected chi connectivity index (χ2v) is 4.69. The number of hydrogen-bond donors (Lipinski definition) is 0. The fourth-order valence-electron chi connectivity index (χ4n) is 2.12. The topological polar surface area (TPSA) is 78.4 Å². The summed E-state index contributed by atoms with van der Waals surface area (Å²) in [5, 5.41) is 0. The number of para-hydroxylation sites is 1. The van der Waals surface area contributed by atoms with E-state index in [1.54, 1.807) is 36.4 Å². The zero-order chi connectivity index (χ0) is 15.7. The molecular formula is C16H12N2O4. The number of aromatic nitrogens is 2. The van der Waals surface area contributed by atoms with Crippen LogP contribution in [0.25, 0.3) is 22.1 Å². The van der Waals surface area contributed by atoms with Crippen molar-refractivity contribution in [3.05, 3.63) is 36.4 Å². The van der Waals surface area contributed by atoms with E-state index in [4.69, 9.17) is 9.47 Å². The highest BCUT2D eigenvalue weighted by molar-refractivity contribution is 5.91. The minimum Gasteiger partial charge on any atom is -0.427 e. The van der Waals surface area contributed by atoms with Crippen molar-refractivity contribution in [2.45, 2.75) is 13.8 Å². The lowest BCUT2D eigenvalue weighted by atomic mass is 10.2. The summed E-state index contributed by atoms with van der Waals surface area (Å²) in [6.45, 7) is 2.65. The van der Waals surface area contributed by atoms with Crippen LogP contribution in [0.15, 0.2) is 36.4 Å². The van der Waals surface area contributed by atoms with Gasteiger partial charge in [-0.05, 0) is 24.3 Å². The van der Waals surface area contributed by atoms with Gasteiger partial charge in [0, 0.05) is 19.9 Å². The van der Waals surface area contributed by atoms with E-state index in [2.05, 4.69) is 9.97 Å². The highest BCUT2D eigenvalue weighted by Gasteiger charge is 2.10. The molecule has 1 heterocycles. The summed E-state index contributed by atoms with van der Waals surface area (Å²) in [6, 6.07) is 10.2. The zero-order valence-corrected chi connectivity index (χ0v) is 12.0. The number of carbonyl (C=O) groups excluding carboxylic acids is 2. The van der Waals surface area contributed by atoms with Crippen LogP contribution >= 0.6 is 0 Å². The minimum atomic E-state index is -0.428. The molecule has 0 radical (unpaired) electrons. The number of carbonyl (C=O) groups is 2. The first kappa shape index (κ1) is 13.9. The maximum Gasteiger partial charge on any atom is 0.308 e. The molecule has 110 valence electrons. The predicted molar refractivity (Wildman–Crippen MR) is 79.7 cm³/mol. The predicted octanol–water partition coefficient (Wildman–Crippen LogP) is 2.63. The summed E-state index contributed by atoms with van der Waals surface area (Å²) >= 11 is 0. The first-order chi connectivity index (χ1) is 10.5. The molecular weight excluding hydrogens is 284 g/mol. The van der Waals surface area contributed by atoms with Gasteiger partial charge in [0.25, 0.3) is 0 Å². The van der Waals surface area contributed by atoms with Gasteiger partial charge >= 0.3 is 11.9 Å². The fourth-order valence-corrected chi connectivity index (χ4v) is 2.12. The summed E-state index contributed by atoms with van der Waals surface area (Å²) in [6.07, 6.45) is 0. The molecule has 6 nitrogen and oxygen atoms in total. The van der Waals surface area contributed by atoms with E-state index < -0.39 is 11.9 Å². The zero-order valence-electron chi connectivity index (χ0n) is 12.0. The van der Waals surface area contributed by atoms with Gasteiger partial charge in [0.15, 0.2) is 5.75 Å². The van der Waals surface area contributed by atoms with Crippen molar-refractivity contribution in [2.75, 3.05) is 0 Å². The Bertz CT molecular complexity index is 905. The minimum absolute atomic E-state index is 0.345. The molecule has 22 heavy (non-hydrogen) atoms. The van der Waals surface area contributed by atoms with Crippen molar-refractivity contribution in [3.8, 4) is 11.5 Å². The number of rotatable bonds is 2. The molecule has 6 heteroatoms. The third-order valence-corrected chi connectivity index (χ3v) is 2.91. The SMILES string of the molecule is CC(=O)Oc1ccc2nc3cccc(OC(C)=O)c3nc2c1. The number of fused-ring (bicyclic) bond motifs is 2. The maximum absolute atomic E-state index is 11.2. The molecule has 1 aromatic heterocycles. The summed E-state index contributed by atoms with van der Waals surface area (Å²) in [7, 11) is 0. The second-order valence-electron chi connectivity index (χ2n) is 4.69. The Morgan fingerprint density at radius 3 is 2.36 bits per heavy atom. The van der Waals surface area contributed by atoms with Gasteiger partial charge in [-0.2, -0.15) is 0 Å². The van der Waals surface area contributed by atoms with E-state index in [1.165, 1.54) is 13.8 Å². The molecule has 0 spiro atoms. The van der Waals surface area contributed by atoms with Crippen molar-refractivity contribution >= 4 is 34.0 Å².